The highest BCUT2D eigenvalue weighted by Gasteiger charge is 1.90. The molecule has 0 radical (unpaired) electrons. The summed E-state index contributed by atoms with van der Waals surface area (Å²) in [4.78, 5) is 0. The molecule has 0 heterocycles. The smallest absolute Gasteiger partial charge is 0.00519 e. The number of rotatable bonds is 19. The normalized spacial score (nSPS) is 9.72. The van der Waals surface area contributed by atoms with Gasteiger partial charge in [-0.2, -0.15) is 0 Å². The maximum absolute atomic E-state index is 3.18. The zero-order chi connectivity index (χ0) is 21.6. The quantitative estimate of drug-likeness (QED) is 0.199. The fourth-order valence-electron chi connectivity index (χ4n) is 3.14. The van der Waals surface area contributed by atoms with Crippen molar-refractivity contribution in [3.63, 3.8) is 0 Å². The van der Waals surface area contributed by atoms with Crippen molar-refractivity contribution in [1.82, 2.24) is 5.32 Å². The molecule has 0 aromatic heterocycles. The molecule has 182 valence electrons. The van der Waals surface area contributed by atoms with Gasteiger partial charge in [0.25, 0.3) is 0 Å². The zero-order valence-electron chi connectivity index (χ0n) is 21.8. The topological polar surface area (TPSA) is 12.0 Å². The van der Waals surface area contributed by atoms with Crippen molar-refractivity contribution >= 4 is 12.4 Å². The third kappa shape index (κ3) is 52.5. The monoisotopic (exact) mass is 435 g/mol. The molecular weight excluding hydrogens is 374 g/mol. The lowest BCUT2D eigenvalue weighted by atomic mass is 10.1. The minimum absolute atomic E-state index is 0. The van der Waals surface area contributed by atoms with Gasteiger partial charge in [0.2, 0.25) is 0 Å². The van der Waals surface area contributed by atoms with Crippen molar-refractivity contribution in [2.75, 3.05) is 13.6 Å². The second-order valence-corrected chi connectivity index (χ2v) is 8.41. The van der Waals surface area contributed by atoms with Gasteiger partial charge in [0.15, 0.2) is 0 Å². The average molecular weight is 436 g/mol. The Balaban J connectivity index is -0.000000164. The number of unbranched alkanes of at least 4 members (excludes halogenated alkanes) is 17. The Morgan fingerprint density at radius 1 is 0.345 bits per heavy atom. The standard InChI is InChI=1S/C11H25N.2C8H18.ClH/c1-3-4-5-6-7-8-9-10-11-12-2;2*1-3-5-7-8-6-4-2;/h12H,3-11H2,1-2H3;2*3-8H2,1-2H3;1H. The molecule has 0 aliphatic carbocycles. The lowest BCUT2D eigenvalue weighted by Crippen LogP contribution is -2.06. The van der Waals surface area contributed by atoms with Crippen LogP contribution in [-0.4, -0.2) is 13.6 Å². The van der Waals surface area contributed by atoms with Crippen LogP contribution >= 0.6 is 12.4 Å². The summed E-state index contributed by atoms with van der Waals surface area (Å²) >= 11 is 0. The molecule has 0 atom stereocenters. The molecule has 0 rings (SSSR count). The molecule has 0 aliphatic rings. The molecule has 0 aromatic carbocycles. The maximum Gasteiger partial charge on any atom is -0.00519 e. The lowest BCUT2D eigenvalue weighted by molar-refractivity contribution is 0.567. The first-order valence-corrected chi connectivity index (χ1v) is 13.4. The molecule has 0 fully saturated rings. The van der Waals surface area contributed by atoms with Crippen LogP contribution in [0.2, 0.25) is 0 Å². The second kappa shape index (κ2) is 42.4. The van der Waals surface area contributed by atoms with Gasteiger partial charge in [-0.05, 0) is 20.0 Å². The molecule has 1 N–H and O–H groups in total. The van der Waals surface area contributed by atoms with E-state index in [0.717, 1.165) is 0 Å². The third-order valence-corrected chi connectivity index (χ3v) is 5.19. The van der Waals surface area contributed by atoms with Crippen molar-refractivity contribution in [1.29, 1.82) is 0 Å². The SMILES string of the molecule is CCCCCCCC.CCCCCCCC.CCCCCCCCCCNC.Cl. The van der Waals surface area contributed by atoms with E-state index in [-0.39, 0.29) is 12.4 Å². The van der Waals surface area contributed by atoms with Crippen LogP contribution < -0.4 is 5.32 Å². The van der Waals surface area contributed by atoms with Crippen LogP contribution in [0.3, 0.4) is 0 Å². The van der Waals surface area contributed by atoms with Crippen molar-refractivity contribution in [3.05, 3.63) is 0 Å². The predicted molar refractivity (Wildman–Crippen MR) is 142 cm³/mol. The highest BCUT2D eigenvalue weighted by atomic mass is 35.5. The van der Waals surface area contributed by atoms with Crippen LogP contribution in [0, 0.1) is 0 Å². The summed E-state index contributed by atoms with van der Waals surface area (Å²) in [5, 5.41) is 3.18. The van der Waals surface area contributed by atoms with Crippen LogP contribution in [0.5, 0.6) is 0 Å². The largest absolute Gasteiger partial charge is 0.320 e. The maximum atomic E-state index is 3.18. The van der Waals surface area contributed by atoms with Crippen molar-refractivity contribution in [3.8, 4) is 0 Å². The van der Waals surface area contributed by atoms with E-state index in [1.165, 1.54) is 135 Å². The van der Waals surface area contributed by atoms with Crippen LogP contribution in [0.25, 0.3) is 0 Å². The fourth-order valence-corrected chi connectivity index (χ4v) is 3.14. The summed E-state index contributed by atoms with van der Waals surface area (Å²) in [6.07, 6.45) is 28.3. The minimum Gasteiger partial charge on any atom is -0.320 e. The summed E-state index contributed by atoms with van der Waals surface area (Å²) in [5.41, 5.74) is 0. The Morgan fingerprint density at radius 2 is 0.552 bits per heavy atom. The van der Waals surface area contributed by atoms with Gasteiger partial charge in [0, 0.05) is 0 Å². The second-order valence-electron chi connectivity index (χ2n) is 8.41. The molecule has 0 amide bonds. The average Bonchev–Trinajstić information content (AvgIpc) is 2.72. The van der Waals surface area contributed by atoms with Crippen molar-refractivity contribution in [2.45, 2.75) is 163 Å². The van der Waals surface area contributed by atoms with Gasteiger partial charge in [-0.3, -0.25) is 0 Å². The highest BCUT2D eigenvalue weighted by Crippen LogP contribution is 2.07. The Kier molecular flexibility index (Phi) is 53.5. The lowest BCUT2D eigenvalue weighted by Gasteiger charge is -2.00. The Bertz CT molecular complexity index is 175. The van der Waals surface area contributed by atoms with E-state index < -0.39 is 0 Å². The van der Waals surface area contributed by atoms with Gasteiger partial charge < -0.3 is 5.32 Å². The summed E-state index contributed by atoms with van der Waals surface area (Å²) < 4.78 is 0. The minimum atomic E-state index is 0. The molecule has 0 aromatic rings. The molecule has 0 aliphatic heterocycles. The summed E-state index contributed by atoms with van der Waals surface area (Å²) in [5.74, 6) is 0. The van der Waals surface area contributed by atoms with E-state index in [4.69, 9.17) is 0 Å². The van der Waals surface area contributed by atoms with Crippen LogP contribution in [-0.2, 0) is 0 Å². The zero-order valence-corrected chi connectivity index (χ0v) is 22.6. The first-order chi connectivity index (χ1) is 13.7. The van der Waals surface area contributed by atoms with Gasteiger partial charge in [-0.1, -0.05) is 157 Å². The first-order valence-electron chi connectivity index (χ1n) is 13.4. The molecule has 1 nitrogen and oxygen atoms in total. The molecule has 0 spiro atoms. The van der Waals surface area contributed by atoms with E-state index in [0.29, 0.717) is 0 Å². The summed E-state index contributed by atoms with van der Waals surface area (Å²) in [7, 11) is 2.03. The molecule has 0 bridgehead atoms. The molecule has 0 saturated carbocycles. The molecular formula is C27H62ClN. The van der Waals surface area contributed by atoms with E-state index in [1.807, 2.05) is 7.05 Å². The van der Waals surface area contributed by atoms with Gasteiger partial charge in [-0.15, -0.1) is 12.4 Å². The molecule has 29 heavy (non-hydrogen) atoms. The van der Waals surface area contributed by atoms with E-state index >= 15 is 0 Å². The Hall–Kier alpha value is 0.250. The van der Waals surface area contributed by atoms with Crippen LogP contribution in [0.4, 0.5) is 0 Å². The number of halogens is 1. The number of hydrogen-bond donors (Lipinski definition) is 1. The summed E-state index contributed by atoms with van der Waals surface area (Å²) in [6.45, 7) is 12.5. The molecule has 0 unspecified atom stereocenters. The van der Waals surface area contributed by atoms with Gasteiger partial charge in [-0.25, -0.2) is 0 Å². The van der Waals surface area contributed by atoms with Crippen LogP contribution in [0.15, 0.2) is 0 Å². The first kappa shape index (κ1) is 36.6. The van der Waals surface area contributed by atoms with E-state index in [9.17, 15) is 0 Å². The Labute approximate surface area is 194 Å². The fraction of sp³-hybridized carbons (Fsp3) is 1.00. The third-order valence-electron chi connectivity index (χ3n) is 5.19. The van der Waals surface area contributed by atoms with E-state index in [1.54, 1.807) is 0 Å². The predicted octanol–water partition coefficient (Wildman–Crippen LogP) is 10.5. The van der Waals surface area contributed by atoms with Gasteiger partial charge in [0.1, 0.15) is 0 Å². The Morgan fingerprint density at radius 3 is 0.759 bits per heavy atom. The number of nitrogens with one attached hydrogen (secondary N) is 1. The summed E-state index contributed by atoms with van der Waals surface area (Å²) in [6, 6.07) is 0. The van der Waals surface area contributed by atoms with Crippen molar-refractivity contribution < 1.29 is 0 Å². The van der Waals surface area contributed by atoms with E-state index in [2.05, 4.69) is 39.9 Å². The highest BCUT2D eigenvalue weighted by molar-refractivity contribution is 5.85. The van der Waals surface area contributed by atoms with Crippen LogP contribution in [0.1, 0.15) is 163 Å². The van der Waals surface area contributed by atoms with Crippen molar-refractivity contribution in [2.24, 2.45) is 0 Å². The van der Waals surface area contributed by atoms with Gasteiger partial charge in [0.05, 0.1) is 0 Å². The molecule has 2 heteroatoms. The van der Waals surface area contributed by atoms with Gasteiger partial charge >= 0.3 is 0 Å². The number of hydrogen-bond acceptors (Lipinski definition) is 1. The molecule has 0 saturated heterocycles.